The van der Waals surface area contributed by atoms with E-state index in [1.54, 1.807) is 10.9 Å². The van der Waals surface area contributed by atoms with E-state index < -0.39 is 34.0 Å². The number of nitrogens with one attached hydrogen (secondary N) is 1. The minimum absolute atomic E-state index is 0.0478. The van der Waals surface area contributed by atoms with Gasteiger partial charge in [0.05, 0.1) is 29.5 Å². The molecule has 1 aromatic carbocycles. The summed E-state index contributed by atoms with van der Waals surface area (Å²) in [6.45, 7) is 1.10. The van der Waals surface area contributed by atoms with Crippen molar-refractivity contribution in [2.45, 2.75) is 49.7 Å². The SMILES string of the molecule is N#CC1(NC(=O)[C@@H]2C[C@@H](F)CC[C@H]2c2nn(-c3ccc(F)cn3)cc2-c2ccc(N3CCS(O)(O)CC3)cc2)CC1. The average Bonchev–Trinajstić information content (AvgIpc) is 3.60. The number of halogens is 2. The summed E-state index contributed by atoms with van der Waals surface area (Å²) in [5.41, 5.74) is 2.33. The van der Waals surface area contributed by atoms with Crippen molar-refractivity contribution >= 4 is 22.2 Å². The Morgan fingerprint density at radius 1 is 1.12 bits per heavy atom. The Bertz CT molecular complexity index is 1460. The highest BCUT2D eigenvalue weighted by atomic mass is 32.3. The lowest BCUT2D eigenvalue weighted by atomic mass is 9.74. The van der Waals surface area contributed by atoms with Gasteiger partial charge >= 0.3 is 0 Å². The topological polar surface area (TPSA) is 127 Å². The van der Waals surface area contributed by atoms with Gasteiger partial charge < -0.3 is 10.2 Å². The van der Waals surface area contributed by atoms with E-state index in [1.165, 1.54) is 12.1 Å². The maximum atomic E-state index is 14.7. The van der Waals surface area contributed by atoms with E-state index in [9.17, 15) is 27.9 Å². The van der Waals surface area contributed by atoms with Gasteiger partial charge in [-0.1, -0.05) is 12.1 Å². The molecule has 0 radical (unpaired) electrons. The van der Waals surface area contributed by atoms with Crippen LogP contribution in [0.25, 0.3) is 16.9 Å². The molecule has 3 fully saturated rings. The van der Waals surface area contributed by atoms with Crippen molar-refractivity contribution in [2.24, 2.45) is 5.92 Å². The highest BCUT2D eigenvalue weighted by Crippen LogP contribution is 2.45. The number of rotatable bonds is 6. The first-order chi connectivity index (χ1) is 19.7. The molecule has 3 heterocycles. The molecule has 12 heteroatoms. The van der Waals surface area contributed by atoms with Crippen LogP contribution < -0.4 is 10.2 Å². The molecule has 0 spiro atoms. The molecule has 1 amide bonds. The number of benzene rings is 1. The molecule has 2 saturated carbocycles. The van der Waals surface area contributed by atoms with Gasteiger partial charge in [-0.2, -0.15) is 21.0 Å². The van der Waals surface area contributed by atoms with E-state index in [2.05, 4.69) is 21.3 Å². The molecule has 41 heavy (non-hydrogen) atoms. The molecule has 3 atom stereocenters. The van der Waals surface area contributed by atoms with Crippen LogP contribution in [0.15, 0.2) is 48.8 Å². The number of amides is 1. The largest absolute Gasteiger partial charge is 0.368 e. The lowest BCUT2D eigenvalue weighted by Crippen LogP contribution is -2.44. The number of carbonyl (C=O) groups is 1. The Labute approximate surface area is 238 Å². The molecule has 2 aromatic heterocycles. The van der Waals surface area contributed by atoms with Crippen LogP contribution in [0.1, 0.15) is 43.7 Å². The van der Waals surface area contributed by atoms with E-state index in [1.807, 2.05) is 24.3 Å². The summed E-state index contributed by atoms with van der Waals surface area (Å²) in [5, 5.41) is 17.2. The minimum atomic E-state index is -2.50. The van der Waals surface area contributed by atoms with E-state index in [4.69, 9.17) is 5.10 Å². The summed E-state index contributed by atoms with van der Waals surface area (Å²) >= 11 is 0. The number of alkyl halides is 1. The van der Waals surface area contributed by atoms with Crippen molar-refractivity contribution in [1.29, 1.82) is 5.26 Å². The Kier molecular flexibility index (Phi) is 7.21. The van der Waals surface area contributed by atoms with Crippen LogP contribution in [0.4, 0.5) is 14.5 Å². The number of nitriles is 1. The number of pyridine rings is 1. The van der Waals surface area contributed by atoms with Crippen molar-refractivity contribution in [3.05, 3.63) is 60.3 Å². The van der Waals surface area contributed by atoms with Crippen LogP contribution in [0.5, 0.6) is 0 Å². The Morgan fingerprint density at radius 2 is 1.85 bits per heavy atom. The second kappa shape index (κ2) is 10.7. The molecule has 3 N–H and O–H groups in total. The van der Waals surface area contributed by atoms with Gasteiger partial charge in [-0.25, -0.2) is 18.4 Å². The summed E-state index contributed by atoms with van der Waals surface area (Å²) in [6.07, 6.45) is 3.73. The molecule has 9 nitrogen and oxygen atoms in total. The first-order valence-electron chi connectivity index (χ1n) is 13.8. The maximum Gasteiger partial charge on any atom is 0.225 e. The molecular formula is C29H32F2N6O3S. The Balaban J connectivity index is 1.35. The molecule has 3 aromatic rings. The van der Waals surface area contributed by atoms with Gasteiger partial charge in [0.2, 0.25) is 5.91 Å². The first-order valence-corrected chi connectivity index (χ1v) is 15.7. The van der Waals surface area contributed by atoms with E-state index in [0.717, 1.165) is 23.0 Å². The highest BCUT2D eigenvalue weighted by Gasteiger charge is 2.48. The fourth-order valence-electron chi connectivity index (χ4n) is 5.80. The summed E-state index contributed by atoms with van der Waals surface area (Å²) < 4.78 is 49.7. The van der Waals surface area contributed by atoms with Gasteiger partial charge in [0.25, 0.3) is 0 Å². The fourth-order valence-corrected chi connectivity index (χ4v) is 7.03. The van der Waals surface area contributed by atoms with Crippen molar-refractivity contribution in [1.82, 2.24) is 20.1 Å². The predicted octanol–water partition coefficient (Wildman–Crippen LogP) is 5.04. The zero-order chi connectivity index (χ0) is 28.8. The van der Waals surface area contributed by atoms with Crippen molar-refractivity contribution in [2.75, 3.05) is 29.5 Å². The van der Waals surface area contributed by atoms with Gasteiger partial charge in [0.15, 0.2) is 5.82 Å². The van der Waals surface area contributed by atoms with Crippen molar-refractivity contribution in [3.63, 3.8) is 0 Å². The normalized spacial score (nSPS) is 25.6. The highest BCUT2D eigenvalue weighted by molar-refractivity contribution is 8.24. The van der Waals surface area contributed by atoms with Gasteiger partial charge in [0, 0.05) is 42.4 Å². The molecule has 216 valence electrons. The molecule has 1 aliphatic heterocycles. The van der Waals surface area contributed by atoms with Gasteiger partial charge in [-0.15, -0.1) is 0 Å². The molecular weight excluding hydrogens is 550 g/mol. The van der Waals surface area contributed by atoms with E-state index in [-0.39, 0.29) is 18.2 Å². The molecule has 3 aliphatic rings. The first kappa shape index (κ1) is 27.6. The van der Waals surface area contributed by atoms with Gasteiger partial charge in [-0.05, 0) is 61.9 Å². The smallest absolute Gasteiger partial charge is 0.225 e. The number of nitrogens with zero attached hydrogens (tertiary/aromatic N) is 5. The molecule has 0 bridgehead atoms. The Hall–Kier alpha value is -3.53. The lowest BCUT2D eigenvalue weighted by Gasteiger charge is -2.41. The summed E-state index contributed by atoms with van der Waals surface area (Å²) in [6, 6.07) is 12.8. The van der Waals surface area contributed by atoms with E-state index >= 15 is 0 Å². The van der Waals surface area contributed by atoms with Crippen molar-refractivity contribution in [3.8, 4) is 23.0 Å². The predicted molar refractivity (Wildman–Crippen MR) is 152 cm³/mol. The van der Waals surface area contributed by atoms with Crippen LogP contribution in [-0.2, 0) is 4.79 Å². The third-order valence-electron chi connectivity index (χ3n) is 8.41. The van der Waals surface area contributed by atoms with Gasteiger partial charge in [0.1, 0.15) is 17.5 Å². The second-order valence-electron chi connectivity index (χ2n) is 11.3. The van der Waals surface area contributed by atoms with Gasteiger partial charge in [-0.3, -0.25) is 13.9 Å². The number of hydrogen-bond donors (Lipinski definition) is 3. The molecule has 6 rings (SSSR count). The zero-order valence-electron chi connectivity index (χ0n) is 22.4. The van der Waals surface area contributed by atoms with Crippen LogP contribution in [-0.4, -0.2) is 66.1 Å². The van der Waals surface area contributed by atoms with Crippen LogP contribution in [0.3, 0.4) is 0 Å². The zero-order valence-corrected chi connectivity index (χ0v) is 23.2. The second-order valence-corrected chi connectivity index (χ2v) is 13.7. The number of hydrogen-bond acceptors (Lipinski definition) is 7. The average molecular weight is 583 g/mol. The molecule has 1 saturated heterocycles. The molecule has 0 unspecified atom stereocenters. The molecule has 2 aliphatic carbocycles. The third-order valence-corrected chi connectivity index (χ3v) is 10.1. The quantitative estimate of drug-likeness (QED) is 0.372. The lowest BCUT2D eigenvalue weighted by molar-refractivity contribution is -0.128. The fraction of sp³-hybridized carbons (Fsp3) is 0.448. The van der Waals surface area contributed by atoms with E-state index in [0.29, 0.717) is 61.8 Å². The number of carbonyl (C=O) groups excluding carboxylic acids is 1. The number of aromatic nitrogens is 3. The minimum Gasteiger partial charge on any atom is -0.368 e. The summed E-state index contributed by atoms with van der Waals surface area (Å²) in [5.74, 6) is -0.803. The maximum absolute atomic E-state index is 14.7. The van der Waals surface area contributed by atoms with Crippen molar-refractivity contribution < 1.29 is 22.7 Å². The number of anilines is 1. The summed E-state index contributed by atoms with van der Waals surface area (Å²) in [7, 11) is -2.50. The Morgan fingerprint density at radius 3 is 2.49 bits per heavy atom. The van der Waals surface area contributed by atoms with Crippen LogP contribution in [0, 0.1) is 23.1 Å². The summed E-state index contributed by atoms with van der Waals surface area (Å²) in [4.78, 5) is 19.7. The van der Waals surface area contributed by atoms with Crippen LogP contribution >= 0.6 is 10.6 Å². The third kappa shape index (κ3) is 5.80. The van der Waals surface area contributed by atoms with Crippen LogP contribution in [0.2, 0.25) is 0 Å². The monoisotopic (exact) mass is 582 g/mol. The standard InChI is InChI=1S/C29H32F2N6O3S/c30-20-3-7-23(24(15-20)28(38)34-29(18-32)9-10-29)27-25(17-37(35-27)26-8-4-21(31)16-33-26)19-1-5-22(6-2-19)36-11-13-41(39,40)14-12-36/h1-2,4-6,8,16-17,20,23-24,39-40H,3,7,9-15H2,(H,34,38)/t20-,23+,24+/m0/s1.